The van der Waals surface area contributed by atoms with Gasteiger partial charge in [-0.05, 0) is 24.3 Å². The highest BCUT2D eigenvalue weighted by atomic mass is 16.6. The summed E-state index contributed by atoms with van der Waals surface area (Å²) in [7, 11) is 3.13. The number of nitro benzene ring substituents is 2. The summed E-state index contributed by atoms with van der Waals surface area (Å²) in [5.41, 5.74) is 0.398. The molecular formula is C18H18N4O6. The third-order valence-corrected chi connectivity index (χ3v) is 4.11. The van der Waals surface area contributed by atoms with Crippen molar-refractivity contribution in [2.45, 2.75) is 0 Å². The van der Waals surface area contributed by atoms with Crippen LogP contribution < -0.4 is 0 Å². The quantitative estimate of drug-likeness (QED) is 0.531. The molecule has 0 heterocycles. The fourth-order valence-corrected chi connectivity index (χ4v) is 2.40. The monoisotopic (exact) mass is 386 g/mol. The van der Waals surface area contributed by atoms with E-state index in [0.29, 0.717) is 11.1 Å². The predicted molar refractivity (Wildman–Crippen MR) is 100 cm³/mol. The van der Waals surface area contributed by atoms with E-state index in [-0.39, 0.29) is 36.3 Å². The lowest BCUT2D eigenvalue weighted by atomic mass is 10.1. The van der Waals surface area contributed by atoms with Crippen LogP contribution in [0.15, 0.2) is 48.5 Å². The molecule has 146 valence electrons. The number of carbonyl (C=O) groups is 2. The van der Waals surface area contributed by atoms with E-state index in [2.05, 4.69) is 0 Å². The molecule has 0 aromatic heterocycles. The summed E-state index contributed by atoms with van der Waals surface area (Å²) < 4.78 is 0. The number of benzene rings is 2. The van der Waals surface area contributed by atoms with Crippen LogP contribution in [-0.4, -0.2) is 58.6 Å². The fraction of sp³-hybridized carbons (Fsp3) is 0.222. The summed E-state index contributed by atoms with van der Waals surface area (Å²) in [5, 5.41) is 21.3. The molecule has 2 amide bonds. The molecule has 0 unspecified atom stereocenters. The summed E-state index contributed by atoms with van der Waals surface area (Å²) >= 11 is 0. The van der Waals surface area contributed by atoms with Crippen molar-refractivity contribution in [2.75, 3.05) is 27.2 Å². The second-order valence-electron chi connectivity index (χ2n) is 6.06. The lowest BCUT2D eigenvalue weighted by Gasteiger charge is -2.22. The Bertz CT molecular complexity index is 820. The summed E-state index contributed by atoms with van der Waals surface area (Å²) in [6.07, 6.45) is 0. The van der Waals surface area contributed by atoms with E-state index in [1.54, 1.807) is 14.1 Å². The second-order valence-corrected chi connectivity index (χ2v) is 6.06. The van der Waals surface area contributed by atoms with Gasteiger partial charge in [0.2, 0.25) is 0 Å². The van der Waals surface area contributed by atoms with Crippen molar-refractivity contribution < 1.29 is 19.4 Å². The van der Waals surface area contributed by atoms with E-state index >= 15 is 0 Å². The molecule has 0 aliphatic carbocycles. The van der Waals surface area contributed by atoms with E-state index in [1.165, 1.54) is 58.3 Å². The molecule has 28 heavy (non-hydrogen) atoms. The van der Waals surface area contributed by atoms with Crippen LogP contribution in [0.2, 0.25) is 0 Å². The van der Waals surface area contributed by atoms with Gasteiger partial charge in [-0.25, -0.2) is 0 Å². The Labute approximate surface area is 160 Å². The minimum absolute atomic E-state index is 0.104. The zero-order chi connectivity index (χ0) is 20.8. The molecule has 0 N–H and O–H groups in total. The zero-order valence-electron chi connectivity index (χ0n) is 15.3. The van der Waals surface area contributed by atoms with Crippen LogP contribution in [0.3, 0.4) is 0 Å². The van der Waals surface area contributed by atoms with Crippen LogP contribution >= 0.6 is 0 Å². The van der Waals surface area contributed by atoms with Crippen LogP contribution in [0.5, 0.6) is 0 Å². The van der Waals surface area contributed by atoms with Gasteiger partial charge >= 0.3 is 0 Å². The topological polar surface area (TPSA) is 127 Å². The summed E-state index contributed by atoms with van der Waals surface area (Å²) in [6, 6.07) is 10.5. The van der Waals surface area contributed by atoms with Gasteiger partial charge in [-0.15, -0.1) is 0 Å². The van der Waals surface area contributed by atoms with Gasteiger partial charge in [-0.2, -0.15) is 0 Å². The van der Waals surface area contributed by atoms with E-state index in [9.17, 15) is 29.8 Å². The third-order valence-electron chi connectivity index (χ3n) is 4.11. The number of likely N-dealkylation sites (N-methyl/N-ethyl adjacent to an activating group) is 2. The molecule has 0 saturated heterocycles. The Kier molecular flexibility index (Phi) is 6.38. The molecule has 0 aliphatic rings. The first-order valence-corrected chi connectivity index (χ1v) is 8.20. The van der Waals surface area contributed by atoms with E-state index < -0.39 is 9.85 Å². The first kappa shape index (κ1) is 20.5. The zero-order valence-corrected chi connectivity index (χ0v) is 15.3. The van der Waals surface area contributed by atoms with Crippen molar-refractivity contribution >= 4 is 23.2 Å². The van der Waals surface area contributed by atoms with Crippen LogP contribution in [-0.2, 0) is 0 Å². The normalized spacial score (nSPS) is 10.2. The SMILES string of the molecule is CN(CCN(C)C(=O)c1ccc([N+](=O)[O-])cc1)C(=O)c1ccc([N+](=O)[O-])cc1. The van der Waals surface area contributed by atoms with Gasteiger partial charge < -0.3 is 9.80 Å². The summed E-state index contributed by atoms with van der Waals surface area (Å²) in [4.78, 5) is 47.8. The van der Waals surface area contributed by atoms with Crippen LogP contribution in [0.25, 0.3) is 0 Å². The minimum Gasteiger partial charge on any atom is -0.340 e. The van der Waals surface area contributed by atoms with Crippen molar-refractivity contribution in [3.05, 3.63) is 79.9 Å². The average molecular weight is 386 g/mol. The highest BCUT2D eigenvalue weighted by Gasteiger charge is 2.17. The van der Waals surface area contributed by atoms with Crippen molar-refractivity contribution in [1.29, 1.82) is 0 Å². The van der Waals surface area contributed by atoms with Crippen LogP contribution in [0.1, 0.15) is 20.7 Å². The first-order valence-electron chi connectivity index (χ1n) is 8.20. The highest BCUT2D eigenvalue weighted by molar-refractivity contribution is 5.95. The molecule has 0 fully saturated rings. The number of non-ortho nitro benzene ring substituents is 2. The van der Waals surface area contributed by atoms with Gasteiger partial charge in [0.25, 0.3) is 23.2 Å². The molecule has 0 aliphatic heterocycles. The molecule has 10 heteroatoms. The average Bonchev–Trinajstić information content (AvgIpc) is 2.70. The smallest absolute Gasteiger partial charge is 0.269 e. The predicted octanol–water partition coefficient (Wildman–Crippen LogP) is 2.35. The van der Waals surface area contributed by atoms with Crippen molar-refractivity contribution in [1.82, 2.24) is 9.80 Å². The maximum absolute atomic E-state index is 12.4. The highest BCUT2D eigenvalue weighted by Crippen LogP contribution is 2.14. The number of nitro groups is 2. The molecule has 0 radical (unpaired) electrons. The molecule has 2 rings (SSSR count). The number of carbonyl (C=O) groups excluding carboxylic acids is 2. The van der Waals surface area contributed by atoms with Gasteiger partial charge in [0.05, 0.1) is 9.85 Å². The Morgan fingerprint density at radius 2 is 1.00 bits per heavy atom. The molecule has 0 bridgehead atoms. The Morgan fingerprint density at radius 1 is 0.714 bits per heavy atom. The van der Waals surface area contributed by atoms with Gasteiger partial charge in [-0.3, -0.25) is 29.8 Å². The molecule has 0 spiro atoms. The van der Waals surface area contributed by atoms with Gasteiger partial charge in [0.1, 0.15) is 0 Å². The largest absolute Gasteiger partial charge is 0.340 e. The molecule has 2 aromatic rings. The third kappa shape index (κ3) is 4.87. The number of hydrogen-bond acceptors (Lipinski definition) is 6. The first-order chi connectivity index (χ1) is 13.2. The number of amides is 2. The number of nitrogens with zero attached hydrogens (tertiary/aromatic N) is 4. The lowest BCUT2D eigenvalue weighted by molar-refractivity contribution is -0.385. The van der Waals surface area contributed by atoms with E-state index in [0.717, 1.165) is 0 Å². The maximum atomic E-state index is 12.4. The van der Waals surface area contributed by atoms with Gasteiger partial charge in [0, 0.05) is 62.6 Å². The summed E-state index contributed by atoms with van der Waals surface area (Å²) in [5.74, 6) is -0.655. The number of rotatable bonds is 7. The lowest BCUT2D eigenvalue weighted by Crippen LogP contribution is -2.37. The molecule has 0 atom stereocenters. The summed E-state index contributed by atoms with van der Waals surface area (Å²) in [6.45, 7) is 0.482. The van der Waals surface area contributed by atoms with Crippen molar-refractivity contribution in [2.24, 2.45) is 0 Å². The van der Waals surface area contributed by atoms with E-state index in [4.69, 9.17) is 0 Å². The molecule has 0 saturated carbocycles. The van der Waals surface area contributed by atoms with Crippen molar-refractivity contribution in [3.8, 4) is 0 Å². The van der Waals surface area contributed by atoms with Crippen LogP contribution in [0, 0.1) is 20.2 Å². The molecule has 10 nitrogen and oxygen atoms in total. The van der Waals surface area contributed by atoms with E-state index in [1.807, 2.05) is 0 Å². The number of hydrogen-bond donors (Lipinski definition) is 0. The fourth-order valence-electron chi connectivity index (χ4n) is 2.40. The standard InChI is InChI=1S/C18H18N4O6/c1-19(17(23)13-3-7-15(8-4-13)21(25)26)11-12-20(2)18(24)14-5-9-16(10-6-14)22(27)28/h3-10H,11-12H2,1-2H3. The van der Waals surface area contributed by atoms with Crippen LogP contribution in [0.4, 0.5) is 11.4 Å². The van der Waals surface area contributed by atoms with Gasteiger partial charge in [-0.1, -0.05) is 0 Å². The Hall–Kier alpha value is -3.82. The Morgan fingerprint density at radius 3 is 1.25 bits per heavy atom. The molecule has 2 aromatic carbocycles. The minimum atomic E-state index is -0.545. The maximum Gasteiger partial charge on any atom is 0.269 e. The Balaban J connectivity index is 1.94. The second kappa shape index (κ2) is 8.71. The van der Waals surface area contributed by atoms with Crippen molar-refractivity contribution in [3.63, 3.8) is 0 Å². The molecular weight excluding hydrogens is 368 g/mol. The van der Waals surface area contributed by atoms with Gasteiger partial charge in [0.15, 0.2) is 0 Å².